The van der Waals surface area contributed by atoms with E-state index in [1.165, 1.54) is 0 Å². The van der Waals surface area contributed by atoms with Crippen molar-refractivity contribution in [1.29, 1.82) is 0 Å². The van der Waals surface area contributed by atoms with E-state index in [1.807, 2.05) is 20.8 Å². The minimum atomic E-state index is -3.13. The fourth-order valence-electron chi connectivity index (χ4n) is 2.12. The van der Waals surface area contributed by atoms with Gasteiger partial charge >= 0.3 is 0 Å². The highest BCUT2D eigenvalue weighted by atomic mass is 32.2. The van der Waals surface area contributed by atoms with E-state index < -0.39 is 9.84 Å². The lowest BCUT2D eigenvalue weighted by molar-refractivity contribution is -0.118. The van der Waals surface area contributed by atoms with Crippen LogP contribution in [0.4, 0.5) is 5.82 Å². The molecular weight excluding hydrogens is 278 g/mol. The maximum absolute atomic E-state index is 11.9. The van der Waals surface area contributed by atoms with Gasteiger partial charge in [0.15, 0.2) is 9.84 Å². The highest BCUT2D eigenvalue weighted by Gasteiger charge is 2.35. The fraction of sp³-hybridized carbons (Fsp3) is 0.692. The van der Waals surface area contributed by atoms with Crippen LogP contribution in [0.5, 0.6) is 0 Å². The number of aromatic nitrogens is 2. The normalized spacial score (nSPS) is 17.3. The third-order valence-corrected chi connectivity index (χ3v) is 4.63. The maximum Gasteiger partial charge on any atom is 0.228 e. The number of hydrogen-bond acceptors (Lipinski definition) is 4. The molecule has 1 aliphatic heterocycles. The highest BCUT2D eigenvalue weighted by molar-refractivity contribution is 7.90. The summed E-state index contributed by atoms with van der Waals surface area (Å²) in [7, 11) is -3.13. The topological polar surface area (TPSA) is 81.1 Å². The molecule has 1 amide bonds. The first-order valence-corrected chi connectivity index (χ1v) is 8.46. The van der Waals surface area contributed by atoms with Gasteiger partial charge in [0.05, 0.1) is 22.7 Å². The molecular formula is C13H21N3O3S. The number of fused-ring (bicyclic) bond motifs is 1. The van der Waals surface area contributed by atoms with Crippen LogP contribution in [0.15, 0.2) is 0 Å². The monoisotopic (exact) mass is 299 g/mol. The van der Waals surface area contributed by atoms with Gasteiger partial charge in [-0.05, 0) is 20.8 Å². The van der Waals surface area contributed by atoms with E-state index in [2.05, 4.69) is 10.4 Å². The molecule has 2 heterocycles. The van der Waals surface area contributed by atoms with Crippen LogP contribution in [0, 0.1) is 5.92 Å². The molecule has 0 aromatic carbocycles. The Balaban J connectivity index is 2.50. The number of carbonyl (C=O) groups is 1. The van der Waals surface area contributed by atoms with Crippen LogP contribution < -0.4 is 5.32 Å². The van der Waals surface area contributed by atoms with Crippen LogP contribution >= 0.6 is 0 Å². The van der Waals surface area contributed by atoms with Crippen LogP contribution in [0.2, 0.25) is 0 Å². The van der Waals surface area contributed by atoms with E-state index in [0.717, 1.165) is 0 Å². The molecule has 0 aliphatic carbocycles. The summed E-state index contributed by atoms with van der Waals surface area (Å²) < 4.78 is 25.2. The molecule has 112 valence electrons. The Morgan fingerprint density at radius 3 is 2.40 bits per heavy atom. The molecule has 6 nitrogen and oxygen atoms in total. The second-order valence-corrected chi connectivity index (χ2v) is 8.60. The predicted molar refractivity (Wildman–Crippen MR) is 77.0 cm³/mol. The molecule has 1 aromatic heterocycles. The molecule has 20 heavy (non-hydrogen) atoms. The number of amides is 1. The molecule has 0 radical (unpaired) electrons. The molecule has 1 N–H and O–H groups in total. The standard InChI is InChI=1S/C13H21N3O3S/c1-8(2)12(17)14-11-9-6-20(18,19)7-10(9)15-16(11)13(3,4)5/h8H,6-7H2,1-5H3,(H,14,17). The Morgan fingerprint density at radius 1 is 1.30 bits per heavy atom. The van der Waals surface area contributed by atoms with Gasteiger partial charge in [0.2, 0.25) is 5.91 Å². The Hall–Kier alpha value is -1.37. The zero-order valence-electron chi connectivity index (χ0n) is 12.5. The number of hydrogen-bond donors (Lipinski definition) is 1. The summed E-state index contributed by atoms with van der Waals surface area (Å²) in [6.07, 6.45) is 0. The Labute approximate surface area is 119 Å². The van der Waals surface area contributed by atoms with Gasteiger partial charge in [0.1, 0.15) is 5.82 Å². The fourth-order valence-corrected chi connectivity index (χ4v) is 3.61. The van der Waals surface area contributed by atoms with Crippen LogP contribution in [0.3, 0.4) is 0 Å². The van der Waals surface area contributed by atoms with Crippen LogP contribution in [-0.4, -0.2) is 24.1 Å². The first kappa shape index (κ1) is 15.0. The molecule has 0 bridgehead atoms. The molecule has 1 aromatic rings. The second-order valence-electron chi connectivity index (χ2n) is 6.53. The van der Waals surface area contributed by atoms with Gasteiger partial charge in [-0.1, -0.05) is 13.8 Å². The zero-order valence-corrected chi connectivity index (χ0v) is 13.3. The molecule has 0 saturated heterocycles. The molecule has 0 fully saturated rings. The Morgan fingerprint density at radius 2 is 1.90 bits per heavy atom. The van der Waals surface area contributed by atoms with Crippen molar-refractivity contribution in [3.63, 3.8) is 0 Å². The summed E-state index contributed by atoms with van der Waals surface area (Å²) in [5.74, 6) is 0.115. The van der Waals surface area contributed by atoms with Crippen molar-refractivity contribution in [2.24, 2.45) is 5.92 Å². The summed E-state index contributed by atoms with van der Waals surface area (Å²) in [5, 5.41) is 7.22. The average molecular weight is 299 g/mol. The summed E-state index contributed by atoms with van der Waals surface area (Å²) in [5.41, 5.74) is 0.862. The first-order valence-electron chi connectivity index (χ1n) is 6.64. The molecule has 0 unspecified atom stereocenters. The van der Waals surface area contributed by atoms with Crippen LogP contribution in [0.1, 0.15) is 45.9 Å². The van der Waals surface area contributed by atoms with Crippen molar-refractivity contribution in [2.75, 3.05) is 5.32 Å². The predicted octanol–water partition coefficient (Wildman–Crippen LogP) is 1.66. The average Bonchev–Trinajstić information content (AvgIpc) is 2.71. The molecule has 7 heteroatoms. The van der Waals surface area contributed by atoms with Gasteiger partial charge in [0.25, 0.3) is 0 Å². The number of nitrogens with one attached hydrogen (secondary N) is 1. The van der Waals surface area contributed by atoms with E-state index in [-0.39, 0.29) is 28.9 Å². The van der Waals surface area contributed by atoms with E-state index in [1.54, 1.807) is 18.5 Å². The number of nitrogens with zero attached hydrogens (tertiary/aromatic N) is 2. The van der Waals surface area contributed by atoms with Crippen LogP contribution in [-0.2, 0) is 31.7 Å². The number of carbonyl (C=O) groups excluding carboxylic acids is 1. The largest absolute Gasteiger partial charge is 0.310 e. The van der Waals surface area contributed by atoms with Gasteiger partial charge in [-0.2, -0.15) is 5.10 Å². The molecule has 2 rings (SSSR count). The van der Waals surface area contributed by atoms with Gasteiger partial charge in [-0.25, -0.2) is 13.1 Å². The minimum absolute atomic E-state index is 0.0457. The van der Waals surface area contributed by atoms with Crippen LogP contribution in [0.25, 0.3) is 0 Å². The van der Waals surface area contributed by atoms with Gasteiger partial charge in [-0.15, -0.1) is 0 Å². The zero-order chi connectivity index (χ0) is 15.3. The second kappa shape index (κ2) is 4.58. The van der Waals surface area contributed by atoms with Crippen molar-refractivity contribution in [2.45, 2.75) is 51.7 Å². The third-order valence-electron chi connectivity index (χ3n) is 3.19. The van der Waals surface area contributed by atoms with Gasteiger partial charge in [0, 0.05) is 11.5 Å². The first-order chi connectivity index (χ1) is 9.01. The summed E-state index contributed by atoms with van der Waals surface area (Å²) in [6.45, 7) is 9.49. The Kier molecular flexibility index (Phi) is 3.44. The third kappa shape index (κ3) is 2.72. The SMILES string of the molecule is CC(C)C(=O)Nc1c2c(nn1C(C)(C)C)CS(=O)(=O)C2. The lowest BCUT2D eigenvalue weighted by Gasteiger charge is -2.23. The van der Waals surface area contributed by atoms with Gasteiger partial charge in [-0.3, -0.25) is 4.79 Å². The van der Waals surface area contributed by atoms with E-state index in [0.29, 0.717) is 17.1 Å². The van der Waals surface area contributed by atoms with Gasteiger partial charge < -0.3 is 5.32 Å². The smallest absolute Gasteiger partial charge is 0.228 e. The molecule has 0 atom stereocenters. The summed E-state index contributed by atoms with van der Waals surface area (Å²) in [6, 6.07) is 0. The van der Waals surface area contributed by atoms with Crippen molar-refractivity contribution >= 4 is 21.6 Å². The molecule has 0 spiro atoms. The quantitative estimate of drug-likeness (QED) is 0.900. The lowest BCUT2D eigenvalue weighted by atomic mass is 10.1. The van der Waals surface area contributed by atoms with E-state index in [4.69, 9.17) is 0 Å². The highest BCUT2D eigenvalue weighted by Crippen LogP contribution is 2.34. The van der Waals surface area contributed by atoms with Crippen molar-refractivity contribution < 1.29 is 13.2 Å². The number of sulfone groups is 1. The molecule has 1 aliphatic rings. The Bertz CT molecular complexity index is 651. The summed E-state index contributed by atoms with van der Waals surface area (Å²) >= 11 is 0. The minimum Gasteiger partial charge on any atom is -0.310 e. The van der Waals surface area contributed by atoms with E-state index >= 15 is 0 Å². The molecule has 0 saturated carbocycles. The van der Waals surface area contributed by atoms with Crippen molar-refractivity contribution in [1.82, 2.24) is 9.78 Å². The maximum atomic E-state index is 11.9. The lowest BCUT2D eigenvalue weighted by Crippen LogP contribution is -2.29. The number of anilines is 1. The summed E-state index contributed by atoms with van der Waals surface area (Å²) in [4.78, 5) is 11.9. The van der Waals surface area contributed by atoms with Crippen molar-refractivity contribution in [3.05, 3.63) is 11.3 Å². The van der Waals surface area contributed by atoms with E-state index in [9.17, 15) is 13.2 Å². The van der Waals surface area contributed by atoms with Crippen molar-refractivity contribution in [3.8, 4) is 0 Å². The number of rotatable bonds is 2.